The van der Waals surface area contributed by atoms with E-state index < -0.39 is 15.8 Å². The summed E-state index contributed by atoms with van der Waals surface area (Å²) < 4.78 is 51.6. The first kappa shape index (κ1) is 19.5. The van der Waals surface area contributed by atoms with Crippen molar-refractivity contribution in [2.45, 2.75) is 49.6 Å². The van der Waals surface area contributed by atoms with E-state index in [0.717, 1.165) is 12.4 Å². The second-order valence-electron chi connectivity index (χ2n) is 6.30. The van der Waals surface area contributed by atoms with Crippen LogP contribution in [-0.2, 0) is 10.0 Å². The number of nitrogens with zero attached hydrogens (tertiary/aromatic N) is 2. The Hall–Kier alpha value is -2.26. The molecule has 0 unspecified atom stereocenters. The molecule has 1 fully saturated rings. The first-order valence-electron chi connectivity index (χ1n) is 8.85. The third-order valence-electron chi connectivity index (χ3n) is 4.31. The van der Waals surface area contributed by atoms with Gasteiger partial charge in [0.05, 0.1) is 23.9 Å². The van der Waals surface area contributed by atoms with Gasteiger partial charge >= 0.3 is 6.01 Å². The molecule has 1 aliphatic carbocycles. The molecule has 1 saturated carbocycles. The maximum Gasteiger partial charge on any atom is 0.316 e. The molecule has 0 atom stereocenters. The number of benzene rings is 1. The molecule has 1 aliphatic rings. The van der Waals surface area contributed by atoms with Crippen LogP contribution < -0.4 is 14.2 Å². The van der Waals surface area contributed by atoms with Crippen LogP contribution in [0.3, 0.4) is 0 Å². The molecule has 7 nitrogen and oxygen atoms in total. The zero-order chi connectivity index (χ0) is 19.3. The van der Waals surface area contributed by atoms with E-state index in [4.69, 9.17) is 9.47 Å². The van der Waals surface area contributed by atoms with Gasteiger partial charge in [-0.2, -0.15) is 0 Å². The Morgan fingerprint density at radius 3 is 2.33 bits per heavy atom. The van der Waals surface area contributed by atoms with E-state index in [1.807, 2.05) is 6.92 Å². The van der Waals surface area contributed by atoms with Gasteiger partial charge in [-0.15, -0.1) is 0 Å². The molecule has 1 N–H and O–H groups in total. The van der Waals surface area contributed by atoms with Gasteiger partial charge in [-0.1, -0.05) is 0 Å². The van der Waals surface area contributed by atoms with Crippen LogP contribution in [0.4, 0.5) is 4.39 Å². The maximum atomic E-state index is 12.8. The Morgan fingerprint density at radius 1 is 1.11 bits per heavy atom. The van der Waals surface area contributed by atoms with E-state index >= 15 is 0 Å². The van der Waals surface area contributed by atoms with Crippen LogP contribution in [0.2, 0.25) is 0 Å². The molecule has 1 aromatic carbocycles. The van der Waals surface area contributed by atoms with Gasteiger partial charge in [0.15, 0.2) is 5.82 Å². The monoisotopic (exact) mass is 395 g/mol. The van der Waals surface area contributed by atoms with E-state index in [1.54, 1.807) is 12.1 Å². The average Bonchev–Trinajstić information content (AvgIpc) is 2.66. The highest BCUT2D eigenvalue weighted by Crippen LogP contribution is 2.24. The standard InChI is InChI=1S/C18H22FN3O4S/c1-2-25-15-7-9-17(10-8-15)27(23,24)22-14-3-5-16(6-4-14)26-18-20-11-13(19)12-21-18/h7-12,14,16,22H,2-6H2,1H3. The minimum absolute atomic E-state index is 0.110. The maximum absolute atomic E-state index is 12.8. The average molecular weight is 395 g/mol. The van der Waals surface area contributed by atoms with Crippen molar-refractivity contribution in [1.82, 2.24) is 14.7 Å². The van der Waals surface area contributed by atoms with E-state index in [1.165, 1.54) is 12.1 Å². The number of aromatic nitrogens is 2. The topological polar surface area (TPSA) is 90.4 Å². The molecule has 0 bridgehead atoms. The molecule has 3 rings (SSSR count). The normalized spacial score (nSPS) is 20.2. The zero-order valence-electron chi connectivity index (χ0n) is 15.0. The van der Waals surface area contributed by atoms with Crippen molar-refractivity contribution < 1.29 is 22.3 Å². The van der Waals surface area contributed by atoms with Gasteiger partial charge in [0.1, 0.15) is 11.9 Å². The smallest absolute Gasteiger partial charge is 0.316 e. The van der Waals surface area contributed by atoms with Crippen molar-refractivity contribution in [1.29, 1.82) is 0 Å². The Kier molecular flexibility index (Phi) is 6.22. The van der Waals surface area contributed by atoms with Gasteiger partial charge in [-0.05, 0) is 56.9 Å². The molecule has 0 amide bonds. The fraction of sp³-hybridized carbons (Fsp3) is 0.444. The fourth-order valence-corrected chi connectivity index (χ4v) is 4.28. The van der Waals surface area contributed by atoms with Gasteiger partial charge < -0.3 is 9.47 Å². The van der Waals surface area contributed by atoms with Crippen LogP contribution in [0, 0.1) is 5.82 Å². The zero-order valence-corrected chi connectivity index (χ0v) is 15.8. The molecule has 27 heavy (non-hydrogen) atoms. The lowest BCUT2D eigenvalue weighted by Crippen LogP contribution is -2.39. The van der Waals surface area contributed by atoms with Gasteiger partial charge in [-0.25, -0.2) is 27.5 Å². The third-order valence-corrected chi connectivity index (χ3v) is 5.85. The Balaban J connectivity index is 1.52. The number of rotatable bonds is 7. The highest BCUT2D eigenvalue weighted by Gasteiger charge is 2.27. The molecule has 146 valence electrons. The van der Waals surface area contributed by atoms with E-state index in [0.29, 0.717) is 38.0 Å². The number of sulfonamides is 1. The van der Waals surface area contributed by atoms with Crippen molar-refractivity contribution in [2.24, 2.45) is 0 Å². The van der Waals surface area contributed by atoms with Crippen LogP contribution in [0.5, 0.6) is 11.8 Å². The minimum Gasteiger partial charge on any atom is -0.494 e. The molecule has 0 aliphatic heterocycles. The minimum atomic E-state index is -3.59. The van der Waals surface area contributed by atoms with E-state index in [2.05, 4.69) is 14.7 Å². The molecule has 0 saturated heterocycles. The fourth-order valence-electron chi connectivity index (χ4n) is 2.98. The second-order valence-corrected chi connectivity index (χ2v) is 8.02. The second kappa shape index (κ2) is 8.62. The van der Waals surface area contributed by atoms with E-state index in [9.17, 15) is 12.8 Å². The molecular weight excluding hydrogens is 373 g/mol. The van der Waals surface area contributed by atoms with Crippen molar-refractivity contribution in [3.8, 4) is 11.8 Å². The Labute approximate surface area is 158 Å². The highest BCUT2D eigenvalue weighted by molar-refractivity contribution is 7.89. The van der Waals surface area contributed by atoms with Crippen LogP contribution in [0.15, 0.2) is 41.6 Å². The quantitative estimate of drug-likeness (QED) is 0.775. The summed E-state index contributed by atoms with van der Waals surface area (Å²) in [6.45, 7) is 2.40. The summed E-state index contributed by atoms with van der Waals surface area (Å²) in [6, 6.07) is 6.34. The first-order chi connectivity index (χ1) is 13.0. The molecule has 0 spiro atoms. The summed E-state index contributed by atoms with van der Waals surface area (Å²) in [4.78, 5) is 7.77. The van der Waals surface area contributed by atoms with Crippen LogP contribution >= 0.6 is 0 Å². The molecule has 2 aromatic rings. The van der Waals surface area contributed by atoms with Gasteiger partial charge in [-0.3, -0.25) is 0 Å². The summed E-state index contributed by atoms with van der Waals surface area (Å²) in [6.07, 6.45) is 4.61. The van der Waals surface area contributed by atoms with Crippen LogP contribution in [-0.4, -0.2) is 37.1 Å². The van der Waals surface area contributed by atoms with Gasteiger partial charge in [0.2, 0.25) is 10.0 Å². The summed E-state index contributed by atoms with van der Waals surface area (Å²) in [5, 5.41) is 0. The lowest BCUT2D eigenvalue weighted by Gasteiger charge is -2.28. The molecule has 1 heterocycles. The predicted molar refractivity (Wildman–Crippen MR) is 96.6 cm³/mol. The SMILES string of the molecule is CCOc1ccc(S(=O)(=O)NC2CCC(Oc3ncc(F)cn3)CC2)cc1. The Bertz CT molecular complexity index is 836. The van der Waals surface area contributed by atoms with Gasteiger partial charge in [0.25, 0.3) is 0 Å². The number of hydrogen-bond acceptors (Lipinski definition) is 6. The Morgan fingerprint density at radius 2 is 1.74 bits per heavy atom. The lowest BCUT2D eigenvalue weighted by molar-refractivity contribution is 0.132. The summed E-state index contributed by atoms with van der Waals surface area (Å²) in [5.74, 6) is 0.117. The third kappa shape index (κ3) is 5.36. The predicted octanol–water partition coefficient (Wildman–Crippen LogP) is 2.68. The molecule has 0 radical (unpaired) electrons. The number of hydrogen-bond donors (Lipinski definition) is 1. The van der Waals surface area contributed by atoms with Crippen molar-refractivity contribution >= 4 is 10.0 Å². The van der Waals surface area contributed by atoms with Crippen molar-refractivity contribution in [3.63, 3.8) is 0 Å². The molecule has 9 heteroatoms. The summed E-state index contributed by atoms with van der Waals surface area (Å²) in [7, 11) is -3.59. The lowest BCUT2D eigenvalue weighted by atomic mass is 9.94. The first-order valence-corrected chi connectivity index (χ1v) is 10.3. The number of halogens is 1. The number of ether oxygens (including phenoxy) is 2. The van der Waals surface area contributed by atoms with Crippen LogP contribution in [0.25, 0.3) is 0 Å². The van der Waals surface area contributed by atoms with E-state index in [-0.39, 0.29) is 23.1 Å². The largest absolute Gasteiger partial charge is 0.494 e. The summed E-state index contributed by atoms with van der Waals surface area (Å²) >= 11 is 0. The van der Waals surface area contributed by atoms with Crippen molar-refractivity contribution in [3.05, 3.63) is 42.5 Å². The van der Waals surface area contributed by atoms with Gasteiger partial charge in [0, 0.05) is 6.04 Å². The number of nitrogens with one attached hydrogen (secondary N) is 1. The molecule has 1 aromatic heterocycles. The van der Waals surface area contributed by atoms with Crippen molar-refractivity contribution in [2.75, 3.05) is 6.61 Å². The van der Waals surface area contributed by atoms with Crippen LogP contribution in [0.1, 0.15) is 32.6 Å². The highest BCUT2D eigenvalue weighted by atomic mass is 32.2. The summed E-state index contributed by atoms with van der Waals surface area (Å²) in [5.41, 5.74) is 0. The molecular formula is C18H22FN3O4S.